The fourth-order valence-corrected chi connectivity index (χ4v) is 1.97. The highest BCUT2D eigenvalue weighted by molar-refractivity contribution is 5.82. The van der Waals surface area contributed by atoms with Crippen LogP contribution in [-0.2, 0) is 14.3 Å². The molecule has 0 aromatic carbocycles. The fraction of sp³-hybridized carbons (Fsp3) is 0.714. The Morgan fingerprint density at radius 3 is 2.68 bits per heavy atom. The average Bonchev–Trinajstić information content (AvgIpc) is 2.38. The molecule has 5 nitrogen and oxygen atoms in total. The summed E-state index contributed by atoms with van der Waals surface area (Å²) in [5, 5.41) is 1.68. The van der Waals surface area contributed by atoms with Crippen molar-refractivity contribution in [3.05, 3.63) is 0 Å². The van der Waals surface area contributed by atoms with E-state index in [1.165, 1.54) is 0 Å². The van der Waals surface area contributed by atoms with E-state index >= 15 is 0 Å². The number of nitrogens with two attached hydrogens (primary N) is 1. The van der Waals surface area contributed by atoms with Crippen molar-refractivity contribution in [3.63, 3.8) is 0 Å². The van der Waals surface area contributed by atoms with Gasteiger partial charge in [-0.1, -0.05) is 12.3 Å². The van der Waals surface area contributed by atoms with Crippen LogP contribution in [0, 0.1) is 11.8 Å². The summed E-state index contributed by atoms with van der Waals surface area (Å²) in [6.45, 7) is -0.355. The minimum Gasteiger partial charge on any atom is -0.367 e. The van der Waals surface area contributed by atoms with Gasteiger partial charge in [-0.2, -0.15) is 13.2 Å². The van der Waals surface area contributed by atoms with Gasteiger partial charge in [-0.15, -0.1) is 5.92 Å². The fourth-order valence-electron chi connectivity index (χ4n) is 1.97. The van der Waals surface area contributed by atoms with E-state index in [0.717, 1.165) is 25.7 Å². The Kier molecular flexibility index (Phi) is 7.18. The first-order valence-corrected chi connectivity index (χ1v) is 7.09. The van der Waals surface area contributed by atoms with E-state index in [9.17, 15) is 22.8 Å². The standard InChI is InChI=1S/C14H19F3N2O3/c15-14(16,17)13(21)19-9-8-11(12(18)20)22-10-6-4-2-1-3-5-7-10/h10-11H,1-4,6,8-9H2,(H2,18,20)(H,19,21). The van der Waals surface area contributed by atoms with E-state index in [0.29, 0.717) is 6.42 Å². The molecule has 124 valence electrons. The molecule has 1 aliphatic rings. The molecule has 0 spiro atoms. The van der Waals surface area contributed by atoms with Gasteiger partial charge < -0.3 is 15.8 Å². The summed E-state index contributed by atoms with van der Waals surface area (Å²) in [6, 6.07) is 0. The summed E-state index contributed by atoms with van der Waals surface area (Å²) in [6.07, 6.45) is -2.30. The van der Waals surface area contributed by atoms with Gasteiger partial charge in [-0.05, 0) is 19.3 Å². The van der Waals surface area contributed by atoms with Gasteiger partial charge in [0.1, 0.15) is 12.2 Å². The Morgan fingerprint density at radius 1 is 1.32 bits per heavy atom. The van der Waals surface area contributed by atoms with Crippen LogP contribution in [0.1, 0.15) is 38.5 Å². The second-order valence-electron chi connectivity index (χ2n) is 4.98. The highest BCUT2D eigenvalue weighted by Gasteiger charge is 2.38. The Morgan fingerprint density at radius 2 is 2.05 bits per heavy atom. The van der Waals surface area contributed by atoms with E-state index in [1.54, 1.807) is 5.32 Å². The highest BCUT2D eigenvalue weighted by Crippen LogP contribution is 2.15. The molecular weight excluding hydrogens is 301 g/mol. The van der Waals surface area contributed by atoms with Crippen LogP contribution in [-0.4, -0.2) is 36.7 Å². The molecule has 0 aromatic rings. The van der Waals surface area contributed by atoms with Gasteiger partial charge in [0, 0.05) is 19.4 Å². The third-order valence-electron chi connectivity index (χ3n) is 3.13. The van der Waals surface area contributed by atoms with E-state index in [1.807, 2.05) is 0 Å². The van der Waals surface area contributed by atoms with Gasteiger partial charge in [0.15, 0.2) is 0 Å². The van der Waals surface area contributed by atoms with E-state index in [2.05, 4.69) is 11.8 Å². The minimum atomic E-state index is -4.95. The van der Waals surface area contributed by atoms with Gasteiger partial charge in [0.25, 0.3) is 0 Å². The van der Waals surface area contributed by atoms with Crippen molar-refractivity contribution in [2.45, 2.75) is 56.9 Å². The SMILES string of the molecule is NC(=O)C(CCNC(=O)C(F)(F)F)OC1C#CCCCCC1. The molecule has 0 heterocycles. The number of rotatable bonds is 6. The zero-order chi connectivity index (χ0) is 16.6. The summed E-state index contributed by atoms with van der Waals surface area (Å²) in [5.74, 6) is 2.97. The van der Waals surface area contributed by atoms with Crippen LogP contribution >= 0.6 is 0 Å². The first-order chi connectivity index (χ1) is 10.3. The Hall–Kier alpha value is -1.75. The molecule has 0 fully saturated rings. The lowest BCUT2D eigenvalue weighted by molar-refractivity contribution is -0.173. The Labute approximate surface area is 126 Å². The lowest BCUT2D eigenvalue weighted by atomic mass is 10.1. The van der Waals surface area contributed by atoms with Crippen LogP contribution in [0.5, 0.6) is 0 Å². The van der Waals surface area contributed by atoms with Gasteiger partial charge in [-0.3, -0.25) is 9.59 Å². The molecule has 0 aliphatic heterocycles. The van der Waals surface area contributed by atoms with E-state index < -0.39 is 30.2 Å². The molecule has 0 saturated heterocycles. The molecular formula is C14H19F3N2O3. The number of nitrogens with one attached hydrogen (secondary N) is 1. The monoisotopic (exact) mass is 320 g/mol. The predicted octanol–water partition coefficient (Wildman–Crippen LogP) is 1.26. The number of hydrogen-bond donors (Lipinski definition) is 2. The van der Waals surface area contributed by atoms with Crippen molar-refractivity contribution in [2.24, 2.45) is 5.73 Å². The van der Waals surface area contributed by atoms with Crippen molar-refractivity contribution in [1.29, 1.82) is 0 Å². The van der Waals surface area contributed by atoms with Gasteiger partial charge in [0.05, 0.1) is 0 Å². The summed E-state index contributed by atoms with van der Waals surface area (Å²) in [7, 11) is 0. The lowest BCUT2D eigenvalue weighted by Crippen LogP contribution is -2.41. The van der Waals surface area contributed by atoms with E-state index in [4.69, 9.17) is 10.5 Å². The molecule has 0 saturated carbocycles. The van der Waals surface area contributed by atoms with Crippen LogP contribution < -0.4 is 11.1 Å². The van der Waals surface area contributed by atoms with Crippen LogP contribution in [0.3, 0.4) is 0 Å². The molecule has 2 atom stereocenters. The Balaban J connectivity index is 2.48. The van der Waals surface area contributed by atoms with Gasteiger partial charge in [0.2, 0.25) is 5.91 Å². The molecule has 3 N–H and O–H groups in total. The third kappa shape index (κ3) is 6.80. The summed E-state index contributed by atoms with van der Waals surface area (Å²) < 4.78 is 41.6. The topological polar surface area (TPSA) is 81.4 Å². The molecule has 22 heavy (non-hydrogen) atoms. The molecule has 8 heteroatoms. The zero-order valence-electron chi connectivity index (χ0n) is 12.0. The highest BCUT2D eigenvalue weighted by atomic mass is 19.4. The Bertz CT molecular complexity index is 454. The molecule has 0 aromatic heterocycles. The zero-order valence-corrected chi connectivity index (χ0v) is 12.0. The molecule has 1 rings (SSSR count). The maximum Gasteiger partial charge on any atom is 0.471 e. The second kappa shape index (κ2) is 8.63. The average molecular weight is 320 g/mol. The van der Waals surface area contributed by atoms with Gasteiger partial charge >= 0.3 is 12.1 Å². The number of alkyl halides is 3. The normalized spacial score (nSPS) is 20.0. The largest absolute Gasteiger partial charge is 0.471 e. The lowest BCUT2D eigenvalue weighted by Gasteiger charge is -2.20. The number of carbonyl (C=O) groups excluding carboxylic acids is 2. The van der Waals surface area contributed by atoms with Crippen LogP contribution in [0.15, 0.2) is 0 Å². The van der Waals surface area contributed by atoms with Crippen LogP contribution in [0.25, 0.3) is 0 Å². The first kappa shape index (κ1) is 18.3. The van der Waals surface area contributed by atoms with Crippen molar-refractivity contribution >= 4 is 11.8 Å². The first-order valence-electron chi connectivity index (χ1n) is 7.09. The number of ether oxygens (including phenoxy) is 1. The number of halogens is 3. The quantitative estimate of drug-likeness (QED) is 0.723. The van der Waals surface area contributed by atoms with Crippen LogP contribution in [0.4, 0.5) is 13.2 Å². The molecule has 0 bridgehead atoms. The van der Waals surface area contributed by atoms with Crippen molar-refractivity contribution in [2.75, 3.05) is 6.54 Å². The minimum absolute atomic E-state index is 0.130. The van der Waals surface area contributed by atoms with Crippen molar-refractivity contribution in [3.8, 4) is 11.8 Å². The molecule has 2 unspecified atom stereocenters. The molecule has 2 amide bonds. The molecule has 1 aliphatic carbocycles. The second-order valence-corrected chi connectivity index (χ2v) is 4.98. The van der Waals surface area contributed by atoms with Crippen molar-refractivity contribution < 1.29 is 27.5 Å². The summed E-state index contributed by atoms with van der Waals surface area (Å²) in [5.41, 5.74) is 5.18. The van der Waals surface area contributed by atoms with E-state index in [-0.39, 0.29) is 13.0 Å². The van der Waals surface area contributed by atoms with Crippen molar-refractivity contribution in [1.82, 2.24) is 5.32 Å². The summed E-state index contributed by atoms with van der Waals surface area (Å²) >= 11 is 0. The van der Waals surface area contributed by atoms with Crippen LogP contribution in [0.2, 0.25) is 0 Å². The number of primary amides is 1. The number of carbonyl (C=O) groups is 2. The predicted molar refractivity (Wildman–Crippen MR) is 72.4 cm³/mol. The molecule has 0 radical (unpaired) electrons. The van der Waals surface area contributed by atoms with Gasteiger partial charge in [-0.25, -0.2) is 0 Å². The third-order valence-corrected chi connectivity index (χ3v) is 3.13. The number of amides is 2. The maximum atomic E-state index is 12.0. The smallest absolute Gasteiger partial charge is 0.367 e. The summed E-state index contributed by atoms with van der Waals surface area (Å²) in [4.78, 5) is 22.0. The maximum absolute atomic E-state index is 12.0. The number of hydrogen-bond acceptors (Lipinski definition) is 3.